The van der Waals surface area contributed by atoms with Crippen molar-refractivity contribution in [3.05, 3.63) is 71.2 Å². The summed E-state index contributed by atoms with van der Waals surface area (Å²) in [4.78, 5) is 16.3. The smallest absolute Gasteiger partial charge is 0.341 e. The fraction of sp³-hybridized carbons (Fsp3) is 0.176. The number of hydrogen-bond donors (Lipinski definition) is 0. The lowest BCUT2D eigenvalue weighted by Crippen LogP contribution is -2.03. The maximum Gasteiger partial charge on any atom is 0.341 e. The van der Waals surface area contributed by atoms with Crippen molar-refractivity contribution >= 4 is 11.6 Å². The predicted octanol–water partition coefficient (Wildman–Crippen LogP) is 3.02. The number of esters is 1. The molecule has 0 radical (unpaired) electrons. The van der Waals surface area contributed by atoms with Crippen molar-refractivity contribution in [2.45, 2.75) is 13.3 Å². The summed E-state index contributed by atoms with van der Waals surface area (Å²) < 4.78 is 6.65. The molecule has 0 aliphatic carbocycles. The topological polar surface area (TPSA) is 43.6 Å². The lowest BCUT2D eigenvalue weighted by atomic mass is 10.1. The van der Waals surface area contributed by atoms with Crippen molar-refractivity contribution in [1.82, 2.24) is 9.38 Å². The molecule has 0 amide bonds. The number of rotatable bonds is 3. The van der Waals surface area contributed by atoms with E-state index in [1.807, 2.05) is 28.9 Å². The standard InChI is InChI=1S/C17H16N2O2/c1-12-5-3-6-13(9-12)10-14-11-19-8-4-7-15(16(19)18-14)17(20)21-2/h3-9,11H,10H2,1-2H3. The van der Waals surface area contributed by atoms with E-state index in [4.69, 9.17) is 4.74 Å². The molecule has 0 spiro atoms. The molecule has 0 saturated heterocycles. The second-order valence-corrected chi connectivity index (χ2v) is 5.04. The van der Waals surface area contributed by atoms with Crippen molar-refractivity contribution in [3.8, 4) is 0 Å². The molecular weight excluding hydrogens is 264 g/mol. The Morgan fingerprint density at radius 1 is 1.29 bits per heavy atom. The first-order valence-corrected chi connectivity index (χ1v) is 6.78. The highest BCUT2D eigenvalue weighted by Gasteiger charge is 2.13. The zero-order chi connectivity index (χ0) is 14.8. The first kappa shape index (κ1) is 13.4. The van der Waals surface area contributed by atoms with Crippen LogP contribution in [0.4, 0.5) is 0 Å². The van der Waals surface area contributed by atoms with E-state index < -0.39 is 0 Å². The molecular formula is C17H16N2O2. The summed E-state index contributed by atoms with van der Waals surface area (Å²) in [6, 6.07) is 11.9. The van der Waals surface area contributed by atoms with Crippen LogP contribution in [0.5, 0.6) is 0 Å². The van der Waals surface area contributed by atoms with Gasteiger partial charge in [-0.15, -0.1) is 0 Å². The van der Waals surface area contributed by atoms with Gasteiger partial charge in [-0.1, -0.05) is 29.8 Å². The fourth-order valence-electron chi connectivity index (χ4n) is 2.45. The van der Waals surface area contributed by atoms with Gasteiger partial charge in [0.05, 0.1) is 12.8 Å². The summed E-state index contributed by atoms with van der Waals surface area (Å²) in [6.07, 6.45) is 4.57. The summed E-state index contributed by atoms with van der Waals surface area (Å²) in [6.45, 7) is 2.07. The Kier molecular flexibility index (Phi) is 3.44. The number of carbonyl (C=O) groups excluding carboxylic acids is 1. The summed E-state index contributed by atoms with van der Waals surface area (Å²) in [5.41, 5.74) is 4.48. The number of carbonyl (C=O) groups is 1. The van der Waals surface area contributed by atoms with Gasteiger partial charge in [0.15, 0.2) is 5.65 Å². The maximum absolute atomic E-state index is 11.8. The molecule has 21 heavy (non-hydrogen) atoms. The van der Waals surface area contributed by atoms with Crippen LogP contribution >= 0.6 is 0 Å². The number of fused-ring (bicyclic) bond motifs is 1. The Morgan fingerprint density at radius 3 is 2.90 bits per heavy atom. The van der Waals surface area contributed by atoms with E-state index in [0.717, 1.165) is 12.1 Å². The SMILES string of the molecule is COC(=O)c1cccn2cc(Cc3cccc(C)c3)nc12. The van der Waals surface area contributed by atoms with Crippen LogP contribution in [0.3, 0.4) is 0 Å². The molecule has 4 heteroatoms. The third-order valence-electron chi connectivity index (χ3n) is 3.41. The van der Waals surface area contributed by atoms with Gasteiger partial charge in [0.2, 0.25) is 0 Å². The Balaban J connectivity index is 1.99. The Bertz CT molecular complexity index is 805. The number of benzene rings is 1. The Morgan fingerprint density at radius 2 is 2.14 bits per heavy atom. The first-order chi connectivity index (χ1) is 10.2. The van der Waals surface area contributed by atoms with Crippen molar-refractivity contribution in [2.24, 2.45) is 0 Å². The molecule has 3 aromatic rings. The normalized spacial score (nSPS) is 10.8. The minimum absolute atomic E-state index is 0.367. The first-order valence-electron chi connectivity index (χ1n) is 6.78. The summed E-state index contributed by atoms with van der Waals surface area (Å²) in [7, 11) is 1.38. The average molecular weight is 280 g/mol. The summed E-state index contributed by atoms with van der Waals surface area (Å²) in [5.74, 6) is -0.367. The largest absolute Gasteiger partial charge is 0.465 e. The molecule has 3 rings (SSSR count). The highest BCUT2D eigenvalue weighted by Crippen LogP contribution is 2.15. The zero-order valence-electron chi connectivity index (χ0n) is 12.0. The number of aromatic nitrogens is 2. The maximum atomic E-state index is 11.8. The zero-order valence-corrected chi connectivity index (χ0v) is 12.0. The van der Waals surface area contributed by atoms with Crippen molar-refractivity contribution in [3.63, 3.8) is 0 Å². The lowest BCUT2D eigenvalue weighted by Gasteiger charge is -2.00. The highest BCUT2D eigenvalue weighted by molar-refractivity contribution is 5.95. The third kappa shape index (κ3) is 2.65. The summed E-state index contributed by atoms with van der Waals surface area (Å²) in [5, 5.41) is 0. The second-order valence-electron chi connectivity index (χ2n) is 5.04. The molecule has 0 fully saturated rings. The van der Waals surface area contributed by atoms with Gasteiger partial charge in [-0.3, -0.25) is 0 Å². The highest BCUT2D eigenvalue weighted by atomic mass is 16.5. The average Bonchev–Trinajstić information content (AvgIpc) is 2.88. The minimum atomic E-state index is -0.367. The van der Waals surface area contributed by atoms with Gasteiger partial charge in [0.25, 0.3) is 0 Å². The fourth-order valence-corrected chi connectivity index (χ4v) is 2.45. The predicted molar refractivity (Wildman–Crippen MR) is 80.5 cm³/mol. The van der Waals surface area contributed by atoms with Gasteiger partial charge in [0, 0.05) is 18.8 Å². The minimum Gasteiger partial charge on any atom is -0.465 e. The molecule has 0 atom stereocenters. The van der Waals surface area contributed by atoms with Crippen LogP contribution in [-0.4, -0.2) is 22.5 Å². The van der Waals surface area contributed by atoms with E-state index in [0.29, 0.717) is 11.2 Å². The van der Waals surface area contributed by atoms with Gasteiger partial charge in [-0.2, -0.15) is 0 Å². The molecule has 0 saturated carbocycles. The van der Waals surface area contributed by atoms with Gasteiger partial charge in [-0.25, -0.2) is 9.78 Å². The molecule has 0 aliphatic rings. The van der Waals surface area contributed by atoms with Crippen LogP contribution < -0.4 is 0 Å². The number of ether oxygens (including phenoxy) is 1. The molecule has 0 aliphatic heterocycles. The van der Waals surface area contributed by atoms with Crippen LogP contribution in [0.1, 0.15) is 27.2 Å². The van der Waals surface area contributed by atoms with Crippen molar-refractivity contribution < 1.29 is 9.53 Å². The molecule has 0 bridgehead atoms. The van der Waals surface area contributed by atoms with Crippen LogP contribution in [0.2, 0.25) is 0 Å². The molecule has 0 unspecified atom stereocenters. The number of hydrogen-bond acceptors (Lipinski definition) is 3. The Labute approximate surface area is 123 Å². The Hall–Kier alpha value is -2.62. The van der Waals surface area contributed by atoms with Crippen LogP contribution in [-0.2, 0) is 11.2 Å². The molecule has 2 aromatic heterocycles. The third-order valence-corrected chi connectivity index (χ3v) is 3.41. The van der Waals surface area contributed by atoms with Gasteiger partial charge in [-0.05, 0) is 24.6 Å². The van der Waals surface area contributed by atoms with Gasteiger partial charge < -0.3 is 9.14 Å². The number of pyridine rings is 1. The monoisotopic (exact) mass is 280 g/mol. The quantitative estimate of drug-likeness (QED) is 0.693. The van der Waals surface area contributed by atoms with Crippen LogP contribution in [0.15, 0.2) is 48.8 Å². The van der Waals surface area contributed by atoms with E-state index in [-0.39, 0.29) is 5.97 Å². The molecule has 2 heterocycles. The van der Waals surface area contributed by atoms with Crippen LogP contribution in [0.25, 0.3) is 5.65 Å². The van der Waals surface area contributed by atoms with E-state index >= 15 is 0 Å². The summed E-state index contributed by atoms with van der Waals surface area (Å²) >= 11 is 0. The van der Waals surface area contributed by atoms with Crippen molar-refractivity contribution in [2.75, 3.05) is 7.11 Å². The second kappa shape index (κ2) is 5.40. The number of aryl methyl sites for hydroxylation is 1. The molecule has 1 aromatic carbocycles. The van der Waals surface area contributed by atoms with Crippen LogP contribution in [0, 0.1) is 6.92 Å². The number of imidazole rings is 1. The van der Waals surface area contributed by atoms with E-state index in [2.05, 4.69) is 30.1 Å². The lowest BCUT2D eigenvalue weighted by molar-refractivity contribution is 0.0602. The molecule has 106 valence electrons. The molecule has 4 nitrogen and oxygen atoms in total. The van der Waals surface area contributed by atoms with Gasteiger partial charge in [0.1, 0.15) is 5.56 Å². The molecule has 0 N–H and O–H groups in total. The van der Waals surface area contributed by atoms with E-state index in [1.165, 1.54) is 18.2 Å². The van der Waals surface area contributed by atoms with E-state index in [1.54, 1.807) is 6.07 Å². The van der Waals surface area contributed by atoms with Crippen molar-refractivity contribution in [1.29, 1.82) is 0 Å². The van der Waals surface area contributed by atoms with Gasteiger partial charge >= 0.3 is 5.97 Å². The number of methoxy groups -OCH3 is 1. The number of nitrogens with zero attached hydrogens (tertiary/aromatic N) is 2. The van der Waals surface area contributed by atoms with E-state index in [9.17, 15) is 4.79 Å².